The number of aliphatic hydroxyl groups excluding tert-OH is 1. The van der Waals surface area contributed by atoms with Crippen molar-refractivity contribution in [2.45, 2.75) is 27.3 Å². The van der Waals surface area contributed by atoms with E-state index in [2.05, 4.69) is 14.5 Å². The molecule has 0 aliphatic carbocycles. The van der Waals surface area contributed by atoms with Gasteiger partial charge in [-0.15, -0.1) is 0 Å². The number of nitrogens with zero attached hydrogens (tertiary/aromatic N) is 1. The molecule has 1 aliphatic rings. The van der Waals surface area contributed by atoms with Crippen LogP contribution in [0.25, 0.3) is 0 Å². The molecule has 0 saturated carbocycles. The standard InChI is InChI=1S/C11H11NO3.C9H11NO.C5H10O3.CH4/c1-14-11(13)9-7-15-10(12-9)8-5-3-2-4-6-8;1-2-11-9(10)8-6-4-3-5-7-8;1-4(3-6)5(7)8-2;/h2-6,9H,7H2,1H3;3-7,10H,2H2,1H3;4,6H,3H2,1-2H3;1H4/t;;4-;/m..0./s1. The first kappa shape index (κ1) is 31.3. The number of carbonyl (C=O) groups excluding carboxylic acids is 2. The predicted molar refractivity (Wildman–Crippen MR) is 135 cm³/mol. The number of hydrogen-bond donors (Lipinski definition) is 2. The van der Waals surface area contributed by atoms with Gasteiger partial charge in [-0.3, -0.25) is 10.2 Å². The van der Waals surface area contributed by atoms with Crippen LogP contribution in [-0.4, -0.2) is 68.9 Å². The van der Waals surface area contributed by atoms with Crippen LogP contribution in [0, 0.1) is 11.3 Å². The van der Waals surface area contributed by atoms with E-state index in [-0.39, 0.29) is 44.4 Å². The highest BCUT2D eigenvalue weighted by atomic mass is 16.5. The summed E-state index contributed by atoms with van der Waals surface area (Å²) >= 11 is 0. The zero-order valence-corrected chi connectivity index (χ0v) is 19.9. The number of ether oxygens (including phenoxy) is 4. The Kier molecular flexibility index (Phi) is 15.8. The molecule has 1 aliphatic heterocycles. The average molecular weight is 489 g/mol. The van der Waals surface area contributed by atoms with Crippen LogP contribution in [0.3, 0.4) is 0 Å². The first-order valence-electron chi connectivity index (χ1n) is 10.7. The molecule has 0 amide bonds. The zero-order valence-electron chi connectivity index (χ0n) is 19.9. The normalized spacial score (nSPS) is 14.1. The minimum Gasteiger partial charge on any atom is -0.478 e. The lowest BCUT2D eigenvalue weighted by molar-refractivity contribution is -0.146. The van der Waals surface area contributed by atoms with Crippen LogP contribution in [0.1, 0.15) is 32.4 Å². The molecule has 0 spiro atoms. The number of nitrogens with one attached hydrogen (secondary N) is 1. The van der Waals surface area contributed by atoms with E-state index >= 15 is 0 Å². The maximum absolute atomic E-state index is 11.2. The van der Waals surface area contributed by atoms with Gasteiger partial charge in [-0.1, -0.05) is 43.8 Å². The Balaban J connectivity index is 0.000000516. The van der Waals surface area contributed by atoms with Crippen molar-refractivity contribution in [2.24, 2.45) is 10.9 Å². The van der Waals surface area contributed by atoms with E-state index in [0.29, 0.717) is 12.5 Å². The third-order valence-electron chi connectivity index (χ3n) is 4.35. The van der Waals surface area contributed by atoms with E-state index in [1.165, 1.54) is 14.2 Å². The number of hydrogen-bond acceptors (Lipinski definition) is 9. The minimum atomic E-state index is -0.523. The highest BCUT2D eigenvalue weighted by Gasteiger charge is 2.26. The fourth-order valence-electron chi connectivity index (χ4n) is 2.46. The predicted octanol–water partition coefficient (Wildman–Crippen LogP) is 3.48. The van der Waals surface area contributed by atoms with Gasteiger partial charge in [0.25, 0.3) is 0 Å². The number of esters is 2. The number of aliphatic imine (C=N–C) groups is 1. The third-order valence-corrected chi connectivity index (χ3v) is 4.35. The maximum atomic E-state index is 11.2. The molecule has 35 heavy (non-hydrogen) atoms. The summed E-state index contributed by atoms with van der Waals surface area (Å²) in [7, 11) is 2.65. The molecule has 0 aromatic heterocycles. The first-order chi connectivity index (χ1) is 16.4. The zero-order chi connectivity index (χ0) is 25.3. The van der Waals surface area contributed by atoms with Crippen LogP contribution in [0.15, 0.2) is 65.7 Å². The second-order valence-electron chi connectivity index (χ2n) is 6.89. The summed E-state index contributed by atoms with van der Waals surface area (Å²) in [6.45, 7) is 4.14. The topological polar surface area (TPSA) is 128 Å². The number of methoxy groups -OCH3 is 2. The third kappa shape index (κ3) is 11.3. The van der Waals surface area contributed by atoms with Gasteiger partial charge in [-0.05, 0) is 38.1 Å². The van der Waals surface area contributed by atoms with Crippen LogP contribution < -0.4 is 0 Å². The number of benzene rings is 2. The Morgan fingerprint density at radius 2 is 1.66 bits per heavy atom. The molecular formula is C26H36N2O7. The molecule has 192 valence electrons. The minimum absolute atomic E-state index is 0. The van der Waals surface area contributed by atoms with E-state index in [0.717, 1.165) is 11.1 Å². The molecule has 3 rings (SSSR count). The van der Waals surface area contributed by atoms with Gasteiger partial charge in [-0.2, -0.15) is 0 Å². The summed E-state index contributed by atoms with van der Waals surface area (Å²) in [5.41, 5.74) is 1.71. The molecule has 2 atom stereocenters. The molecule has 1 heterocycles. The Labute approximate surface area is 207 Å². The number of rotatable bonds is 6. The van der Waals surface area contributed by atoms with Crippen molar-refractivity contribution in [3.8, 4) is 0 Å². The summed E-state index contributed by atoms with van der Waals surface area (Å²) in [5.74, 6) is -0.368. The van der Waals surface area contributed by atoms with Gasteiger partial charge in [0.2, 0.25) is 11.8 Å². The van der Waals surface area contributed by atoms with Crippen molar-refractivity contribution in [1.29, 1.82) is 5.41 Å². The SMILES string of the molecule is C.CCOC(=N)c1ccccc1.COC(=O)C1COC(c2ccccc2)=N1.COC(=O)[C@@H](C)CO. The van der Waals surface area contributed by atoms with Crippen molar-refractivity contribution in [1.82, 2.24) is 0 Å². The van der Waals surface area contributed by atoms with Gasteiger partial charge in [0.1, 0.15) is 6.61 Å². The maximum Gasteiger partial charge on any atom is 0.334 e. The van der Waals surface area contributed by atoms with Crippen LogP contribution in [0.5, 0.6) is 0 Å². The van der Waals surface area contributed by atoms with E-state index in [1.54, 1.807) is 6.92 Å². The van der Waals surface area contributed by atoms with E-state index in [9.17, 15) is 9.59 Å². The highest BCUT2D eigenvalue weighted by molar-refractivity contribution is 5.97. The van der Waals surface area contributed by atoms with Crippen molar-refractivity contribution in [3.05, 3.63) is 71.8 Å². The van der Waals surface area contributed by atoms with Gasteiger partial charge >= 0.3 is 11.9 Å². The second kappa shape index (κ2) is 17.7. The van der Waals surface area contributed by atoms with E-state index < -0.39 is 6.04 Å². The van der Waals surface area contributed by atoms with E-state index in [1.807, 2.05) is 67.6 Å². The highest BCUT2D eigenvalue weighted by Crippen LogP contribution is 2.12. The Bertz CT molecular complexity index is 918. The van der Waals surface area contributed by atoms with Crippen molar-refractivity contribution in [2.75, 3.05) is 34.0 Å². The number of carbonyl (C=O) groups is 2. The monoisotopic (exact) mass is 488 g/mol. The van der Waals surface area contributed by atoms with Gasteiger partial charge in [0, 0.05) is 11.1 Å². The van der Waals surface area contributed by atoms with Gasteiger partial charge in [0.05, 0.1) is 33.4 Å². The molecule has 0 radical (unpaired) electrons. The van der Waals surface area contributed by atoms with Crippen LogP contribution in [-0.2, 0) is 28.5 Å². The fraction of sp³-hybridized carbons (Fsp3) is 0.385. The van der Waals surface area contributed by atoms with Crippen LogP contribution in [0.2, 0.25) is 0 Å². The summed E-state index contributed by atoms with van der Waals surface area (Å²) in [6, 6.07) is 18.4. The smallest absolute Gasteiger partial charge is 0.334 e. The molecule has 1 unspecified atom stereocenters. The average Bonchev–Trinajstić information content (AvgIpc) is 3.39. The van der Waals surface area contributed by atoms with Crippen molar-refractivity contribution < 1.29 is 33.6 Å². The molecule has 0 fully saturated rings. The summed E-state index contributed by atoms with van der Waals surface area (Å²) in [5, 5.41) is 15.7. The molecule has 2 aromatic carbocycles. The number of aliphatic hydroxyl groups is 1. The van der Waals surface area contributed by atoms with Gasteiger partial charge in [0.15, 0.2) is 6.04 Å². The molecule has 9 heteroatoms. The van der Waals surface area contributed by atoms with Crippen molar-refractivity contribution in [3.63, 3.8) is 0 Å². The summed E-state index contributed by atoms with van der Waals surface area (Å²) in [4.78, 5) is 25.7. The molecular weight excluding hydrogens is 452 g/mol. The van der Waals surface area contributed by atoms with Crippen molar-refractivity contribution >= 4 is 23.7 Å². The lowest BCUT2D eigenvalue weighted by Gasteiger charge is -2.02. The molecule has 2 N–H and O–H groups in total. The molecule has 9 nitrogen and oxygen atoms in total. The van der Waals surface area contributed by atoms with Gasteiger partial charge < -0.3 is 24.1 Å². The largest absolute Gasteiger partial charge is 0.478 e. The van der Waals surface area contributed by atoms with Crippen LogP contribution >= 0.6 is 0 Å². The Morgan fingerprint density at radius 3 is 2.11 bits per heavy atom. The van der Waals surface area contributed by atoms with Crippen LogP contribution in [0.4, 0.5) is 0 Å². The second-order valence-corrected chi connectivity index (χ2v) is 6.89. The first-order valence-corrected chi connectivity index (χ1v) is 10.7. The Hall–Kier alpha value is -3.72. The van der Waals surface area contributed by atoms with E-state index in [4.69, 9.17) is 20.0 Å². The summed E-state index contributed by atoms with van der Waals surface area (Å²) in [6.07, 6.45) is 0. The van der Waals surface area contributed by atoms with Gasteiger partial charge in [-0.25, -0.2) is 9.79 Å². The fourth-order valence-corrected chi connectivity index (χ4v) is 2.46. The lowest BCUT2D eigenvalue weighted by Crippen LogP contribution is -2.21. The molecule has 2 aromatic rings. The summed E-state index contributed by atoms with van der Waals surface area (Å²) < 4.78 is 19.2. The Morgan fingerprint density at radius 1 is 1.09 bits per heavy atom. The molecule has 0 bridgehead atoms. The quantitative estimate of drug-likeness (QED) is 0.362. The lowest BCUT2D eigenvalue weighted by atomic mass is 10.2. The molecule has 0 saturated heterocycles.